The maximum Gasteiger partial charge on any atom is 0.0606 e. The second-order valence-corrected chi connectivity index (χ2v) is 5.77. The lowest BCUT2D eigenvalue weighted by Gasteiger charge is -2.54. The van der Waals surface area contributed by atoms with Crippen molar-refractivity contribution in [1.29, 1.82) is 0 Å². The van der Waals surface area contributed by atoms with Crippen molar-refractivity contribution in [3.8, 4) is 0 Å². The minimum Gasteiger partial charge on any atom is -0.395 e. The van der Waals surface area contributed by atoms with Gasteiger partial charge in [-0.15, -0.1) is 0 Å². The number of piperidine rings is 1. The molecular formula is C12H25NO2. The van der Waals surface area contributed by atoms with Crippen molar-refractivity contribution in [1.82, 2.24) is 4.90 Å². The first-order valence-electron chi connectivity index (χ1n) is 5.75. The van der Waals surface area contributed by atoms with Gasteiger partial charge in [-0.2, -0.15) is 0 Å². The van der Waals surface area contributed by atoms with Gasteiger partial charge in [0.1, 0.15) is 0 Å². The first-order valence-corrected chi connectivity index (χ1v) is 5.75. The standard InChI is InChI=1S/C12H25NO2/c1-11(2)8-10(15-5)9-12(3,4)13(11)6-7-14/h10,14H,6-9H2,1-5H3. The minimum atomic E-state index is 0.102. The highest BCUT2D eigenvalue weighted by Crippen LogP contribution is 2.38. The summed E-state index contributed by atoms with van der Waals surface area (Å²) in [4.78, 5) is 2.40. The number of ether oxygens (including phenoxy) is 1. The summed E-state index contributed by atoms with van der Waals surface area (Å²) in [6.07, 6.45) is 2.41. The number of β-amino-alcohol motifs (C(OH)–C–C–N with tert-alkyl or cyclic N) is 1. The summed E-state index contributed by atoms with van der Waals surface area (Å²) in [5, 5.41) is 9.13. The van der Waals surface area contributed by atoms with Gasteiger partial charge in [0, 0.05) is 24.7 Å². The Morgan fingerprint density at radius 1 is 1.20 bits per heavy atom. The molecule has 0 saturated carbocycles. The van der Waals surface area contributed by atoms with Crippen LogP contribution in [0.25, 0.3) is 0 Å². The van der Waals surface area contributed by atoms with E-state index in [-0.39, 0.29) is 17.7 Å². The van der Waals surface area contributed by atoms with E-state index in [4.69, 9.17) is 9.84 Å². The van der Waals surface area contributed by atoms with Gasteiger partial charge in [0.2, 0.25) is 0 Å². The van der Waals surface area contributed by atoms with Gasteiger partial charge >= 0.3 is 0 Å². The number of hydrogen-bond acceptors (Lipinski definition) is 3. The van der Waals surface area contributed by atoms with Gasteiger partial charge in [-0.05, 0) is 40.5 Å². The number of aliphatic hydroxyl groups is 1. The number of likely N-dealkylation sites (tertiary alicyclic amines) is 1. The molecule has 0 atom stereocenters. The molecular weight excluding hydrogens is 190 g/mol. The lowest BCUT2D eigenvalue weighted by Crippen LogP contribution is -2.62. The largest absolute Gasteiger partial charge is 0.395 e. The Kier molecular flexibility index (Phi) is 3.80. The molecule has 0 bridgehead atoms. The van der Waals surface area contributed by atoms with E-state index in [9.17, 15) is 0 Å². The van der Waals surface area contributed by atoms with Crippen molar-refractivity contribution < 1.29 is 9.84 Å². The van der Waals surface area contributed by atoms with E-state index in [1.54, 1.807) is 7.11 Å². The molecule has 15 heavy (non-hydrogen) atoms. The maximum atomic E-state index is 9.13. The predicted octanol–water partition coefficient (Wildman–Crippen LogP) is 1.65. The Hall–Kier alpha value is -0.120. The molecule has 0 radical (unpaired) electrons. The van der Waals surface area contributed by atoms with Crippen LogP contribution in [0.5, 0.6) is 0 Å². The van der Waals surface area contributed by atoms with Gasteiger partial charge in [-0.3, -0.25) is 4.90 Å². The Morgan fingerprint density at radius 3 is 2.00 bits per heavy atom. The van der Waals surface area contributed by atoms with Crippen LogP contribution in [0.3, 0.4) is 0 Å². The molecule has 1 aliphatic heterocycles. The average Bonchev–Trinajstić information content (AvgIpc) is 2.10. The van der Waals surface area contributed by atoms with Gasteiger partial charge in [0.05, 0.1) is 12.7 Å². The van der Waals surface area contributed by atoms with Gasteiger partial charge in [0.25, 0.3) is 0 Å². The van der Waals surface area contributed by atoms with Crippen molar-refractivity contribution in [3.63, 3.8) is 0 Å². The zero-order chi connectivity index (χ0) is 11.7. The van der Waals surface area contributed by atoms with Crippen molar-refractivity contribution >= 4 is 0 Å². The summed E-state index contributed by atoms with van der Waals surface area (Å²) >= 11 is 0. The van der Waals surface area contributed by atoms with Crippen LogP contribution in [0.15, 0.2) is 0 Å². The van der Waals surface area contributed by atoms with Crippen LogP contribution in [0.1, 0.15) is 40.5 Å². The molecule has 0 aliphatic carbocycles. The zero-order valence-corrected chi connectivity index (χ0v) is 10.7. The molecule has 3 nitrogen and oxygen atoms in total. The van der Waals surface area contributed by atoms with Crippen molar-refractivity contribution in [3.05, 3.63) is 0 Å². The first-order chi connectivity index (χ1) is 6.83. The third kappa shape index (κ3) is 2.71. The van der Waals surface area contributed by atoms with Gasteiger partial charge in [0.15, 0.2) is 0 Å². The fourth-order valence-electron chi connectivity index (χ4n) is 3.10. The van der Waals surface area contributed by atoms with Crippen molar-refractivity contribution in [2.24, 2.45) is 0 Å². The van der Waals surface area contributed by atoms with Crippen molar-refractivity contribution in [2.45, 2.75) is 57.7 Å². The highest BCUT2D eigenvalue weighted by atomic mass is 16.5. The molecule has 1 aliphatic rings. The number of nitrogens with zero attached hydrogens (tertiary/aromatic N) is 1. The van der Waals surface area contributed by atoms with E-state index in [2.05, 4.69) is 32.6 Å². The quantitative estimate of drug-likeness (QED) is 0.777. The highest BCUT2D eigenvalue weighted by molar-refractivity contribution is 5.00. The summed E-state index contributed by atoms with van der Waals surface area (Å²) in [7, 11) is 1.79. The molecule has 1 N–H and O–H groups in total. The summed E-state index contributed by atoms with van der Waals surface area (Å²) in [6, 6.07) is 0. The third-order valence-electron chi connectivity index (χ3n) is 3.57. The number of methoxy groups -OCH3 is 1. The first kappa shape index (κ1) is 12.9. The fraction of sp³-hybridized carbons (Fsp3) is 1.00. The van der Waals surface area contributed by atoms with E-state index >= 15 is 0 Å². The zero-order valence-electron chi connectivity index (χ0n) is 10.7. The SMILES string of the molecule is COC1CC(C)(C)N(CCO)C(C)(C)C1. The molecule has 1 saturated heterocycles. The molecule has 90 valence electrons. The van der Waals surface area contributed by atoms with E-state index in [0.29, 0.717) is 6.10 Å². The second kappa shape index (κ2) is 4.40. The number of rotatable bonds is 3. The van der Waals surface area contributed by atoms with E-state index in [1.165, 1.54) is 0 Å². The molecule has 1 rings (SSSR count). The molecule has 1 heterocycles. The molecule has 0 spiro atoms. The Labute approximate surface area is 93.4 Å². The molecule has 0 aromatic rings. The maximum absolute atomic E-state index is 9.13. The van der Waals surface area contributed by atoms with Gasteiger partial charge in [-0.25, -0.2) is 0 Å². The second-order valence-electron chi connectivity index (χ2n) is 5.77. The fourth-order valence-corrected chi connectivity index (χ4v) is 3.10. The van der Waals surface area contributed by atoms with Crippen LogP contribution in [-0.4, -0.2) is 47.4 Å². The molecule has 0 unspecified atom stereocenters. The highest BCUT2D eigenvalue weighted by Gasteiger charge is 2.44. The third-order valence-corrected chi connectivity index (χ3v) is 3.57. The summed E-state index contributed by atoms with van der Waals surface area (Å²) in [5.74, 6) is 0. The molecule has 0 aromatic heterocycles. The molecule has 1 fully saturated rings. The van der Waals surface area contributed by atoms with Crippen LogP contribution in [-0.2, 0) is 4.74 Å². The van der Waals surface area contributed by atoms with E-state index < -0.39 is 0 Å². The van der Waals surface area contributed by atoms with E-state index in [0.717, 1.165) is 19.4 Å². The van der Waals surface area contributed by atoms with Gasteiger partial charge in [-0.1, -0.05) is 0 Å². The normalized spacial score (nSPS) is 26.8. The monoisotopic (exact) mass is 215 g/mol. The summed E-state index contributed by atoms with van der Waals surface area (Å²) in [6.45, 7) is 9.90. The van der Waals surface area contributed by atoms with E-state index in [1.807, 2.05) is 0 Å². The topological polar surface area (TPSA) is 32.7 Å². The molecule has 0 amide bonds. The lowest BCUT2D eigenvalue weighted by atomic mass is 9.78. The van der Waals surface area contributed by atoms with Crippen molar-refractivity contribution in [2.75, 3.05) is 20.3 Å². The number of aliphatic hydroxyl groups excluding tert-OH is 1. The smallest absolute Gasteiger partial charge is 0.0606 e. The van der Waals surface area contributed by atoms with Crippen LogP contribution in [0.4, 0.5) is 0 Å². The summed E-state index contributed by atoms with van der Waals surface area (Å²) < 4.78 is 5.50. The number of hydrogen-bond donors (Lipinski definition) is 1. The lowest BCUT2D eigenvalue weighted by molar-refractivity contribution is -0.0971. The molecule has 0 aromatic carbocycles. The Balaban J connectivity index is 2.85. The minimum absolute atomic E-state index is 0.102. The Bertz CT molecular complexity index is 196. The van der Waals surface area contributed by atoms with Crippen LogP contribution in [0.2, 0.25) is 0 Å². The average molecular weight is 215 g/mol. The molecule has 3 heteroatoms. The predicted molar refractivity (Wildman–Crippen MR) is 62.0 cm³/mol. The van der Waals surface area contributed by atoms with Crippen LogP contribution < -0.4 is 0 Å². The summed E-state index contributed by atoms with van der Waals surface area (Å²) in [5.41, 5.74) is 0.205. The van der Waals surface area contributed by atoms with Gasteiger partial charge < -0.3 is 9.84 Å². The Morgan fingerprint density at radius 2 is 1.67 bits per heavy atom. The van der Waals surface area contributed by atoms with Crippen LogP contribution >= 0.6 is 0 Å². The van der Waals surface area contributed by atoms with Crippen LogP contribution in [0, 0.1) is 0 Å².